The minimum atomic E-state index is 0.343. The molecule has 3 heteroatoms. The zero-order chi connectivity index (χ0) is 14.2. The van der Waals surface area contributed by atoms with E-state index in [9.17, 15) is 5.11 Å². The number of aliphatic hydroxyl groups is 1. The Morgan fingerprint density at radius 2 is 1.95 bits per heavy atom. The quantitative estimate of drug-likeness (QED) is 0.805. The first-order valence-corrected chi connectivity index (χ1v) is 7.72. The van der Waals surface area contributed by atoms with Crippen molar-refractivity contribution in [3.8, 4) is 0 Å². The molecule has 1 saturated carbocycles. The largest absolute Gasteiger partial charge is 0.396 e. The molecule has 0 saturated heterocycles. The second-order valence-electron chi connectivity index (χ2n) is 5.87. The van der Waals surface area contributed by atoms with E-state index in [1.807, 2.05) is 0 Å². The maximum Gasteiger partial charge on any atom is 0.0713 e. The number of hydrogen-bond donors (Lipinski definition) is 2. The van der Waals surface area contributed by atoms with Crippen molar-refractivity contribution in [2.45, 2.75) is 38.8 Å². The van der Waals surface area contributed by atoms with E-state index in [0.29, 0.717) is 25.0 Å². The molecule has 1 fully saturated rings. The van der Waals surface area contributed by atoms with Crippen molar-refractivity contribution in [1.82, 2.24) is 5.32 Å². The second kappa shape index (κ2) is 8.40. The maximum atomic E-state index is 9.43. The molecular formula is C17H27NO2. The Labute approximate surface area is 122 Å². The summed E-state index contributed by atoms with van der Waals surface area (Å²) in [5, 5.41) is 13.0. The third kappa shape index (κ3) is 4.58. The molecule has 1 aliphatic carbocycles. The van der Waals surface area contributed by atoms with Gasteiger partial charge in [0.2, 0.25) is 0 Å². The van der Waals surface area contributed by atoms with Gasteiger partial charge in [0, 0.05) is 20.3 Å². The molecular weight excluding hydrogens is 250 g/mol. The predicted molar refractivity (Wildman–Crippen MR) is 81.4 cm³/mol. The third-order valence-corrected chi connectivity index (χ3v) is 4.34. The van der Waals surface area contributed by atoms with Gasteiger partial charge in [-0.2, -0.15) is 0 Å². The first kappa shape index (κ1) is 15.5. The molecule has 0 spiro atoms. The van der Waals surface area contributed by atoms with Gasteiger partial charge < -0.3 is 15.2 Å². The fraction of sp³-hybridized carbons (Fsp3) is 0.647. The summed E-state index contributed by atoms with van der Waals surface area (Å²) in [6.07, 6.45) is 5.03. The van der Waals surface area contributed by atoms with Crippen LogP contribution in [0.15, 0.2) is 24.3 Å². The van der Waals surface area contributed by atoms with E-state index in [1.165, 1.54) is 36.8 Å². The molecule has 1 aliphatic rings. The van der Waals surface area contributed by atoms with Crippen molar-refractivity contribution in [1.29, 1.82) is 0 Å². The van der Waals surface area contributed by atoms with Gasteiger partial charge in [0.05, 0.1) is 6.61 Å². The van der Waals surface area contributed by atoms with Gasteiger partial charge in [0.25, 0.3) is 0 Å². The lowest BCUT2D eigenvalue weighted by Crippen LogP contribution is -2.32. The van der Waals surface area contributed by atoms with Crippen LogP contribution in [0.3, 0.4) is 0 Å². The molecule has 2 unspecified atom stereocenters. The van der Waals surface area contributed by atoms with Crippen LogP contribution in [-0.4, -0.2) is 25.4 Å². The van der Waals surface area contributed by atoms with Crippen molar-refractivity contribution < 1.29 is 9.84 Å². The number of nitrogens with one attached hydrogen (secondary N) is 1. The average molecular weight is 277 g/mol. The van der Waals surface area contributed by atoms with E-state index in [-0.39, 0.29) is 0 Å². The van der Waals surface area contributed by atoms with Gasteiger partial charge in [0.1, 0.15) is 0 Å². The highest BCUT2D eigenvalue weighted by molar-refractivity contribution is 5.22. The van der Waals surface area contributed by atoms with E-state index in [4.69, 9.17) is 4.74 Å². The summed E-state index contributed by atoms with van der Waals surface area (Å²) in [5.74, 6) is 1.13. The number of hydrogen-bond acceptors (Lipinski definition) is 3. The van der Waals surface area contributed by atoms with E-state index in [0.717, 1.165) is 13.1 Å². The molecule has 2 N–H and O–H groups in total. The van der Waals surface area contributed by atoms with Crippen molar-refractivity contribution in [2.24, 2.45) is 11.8 Å². The minimum absolute atomic E-state index is 0.343. The molecule has 1 aromatic rings. The summed E-state index contributed by atoms with van der Waals surface area (Å²) in [6.45, 7) is 2.92. The van der Waals surface area contributed by atoms with E-state index in [2.05, 4.69) is 29.6 Å². The summed E-state index contributed by atoms with van der Waals surface area (Å²) in [4.78, 5) is 0. The average Bonchev–Trinajstić information content (AvgIpc) is 2.48. The molecule has 0 heterocycles. The number of rotatable bonds is 7. The third-order valence-electron chi connectivity index (χ3n) is 4.34. The first-order chi connectivity index (χ1) is 9.83. The molecule has 0 amide bonds. The highest BCUT2D eigenvalue weighted by Gasteiger charge is 2.23. The van der Waals surface area contributed by atoms with E-state index >= 15 is 0 Å². The topological polar surface area (TPSA) is 41.5 Å². The Hall–Kier alpha value is -0.900. The van der Waals surface area contributed by atoms with Crippen LogP contribution in [0, 0.1) is 11.8 Å². The summed E-state index contributed by atoms with van der Waals surface area (Å²) in [5.41, 5.74) is 2.52. The maximum absolute atomic E-state index is 9.43. The normalized spacial score (nSPS) is 22.9. The lowest BCUT2D eigenvalue weighted by molar-refractivity contribution is 0.133. The van der Waals surface area contributed by atoms with Gasteiger partial charge in [-0.3, -0.25) is 0 Å². The molecule has 2 atom stereocenters. The molecule has 0 aliphatic heterocycles. The van der Waals surface area contributed by atoms with Gasteiger partial charge >= 0.3 is 0 Å². The molecule has 0 aromatic heterocycles. The molecule has 0 radical (unpaired) electrons. The van der Waals surface area contributed by atoms with Crippen LogP contribution < -0.4 is 5.32 Å². The zero-order valence-electron chi connectivity index (χ0n) is 12.5. The van der Waals surface area contributed by atoms with Crippen LogP contribution in [-0.2, 0) is 17.9 Å². The predicted octanol–water partition coefficient (Wildman–Crippen LogP) is 2.72. The number of aliphatic hydroxyl groups excluding tert-OH is 1. The molecule has 0 bridgehead atoms. The van der Waals surface area contributed by atoms with Crippen molar-refractivity contribution in [3.63, 3.8) is 0 Å². The Balaban J connectivity index is 1.78. The van der Waals surface area contributed by atoms with Crippen LogP contribution in [0.2, 0.25) is 0 Å². The van der Waals surface area contributed by atoms with Crippen LogP contribution >= 0.6 is 0 Å². The van der Waals surface area contributed by atoms with Gasteiger partial charge in [-0.1, -0.05) is 37.1 Å². The monoisotopic (exact) mass is 277 g/mol. The number of ether oxygens (including phenoxy) is 1. The second-order valence-corrected chi connectivity index (χ2v) is 5.87. The minimum Gasteiger partial charge on any atom is -0.396 e. The van der Waals surface area contributed by atoms with Gasteiger partial charge in [-0.15, -0.1) is 0 Å². The van der Waals surface area contributed by atoms with Gasteiger partial charge in [0.15, 0.2) is 0 Å². The van der Waals surface area contributed by atoms with Crippen LogP contribution in [0.5, 0.6) is 0 Å². The van der Waals surface area contributed by atoms with Crippen molar-refractivity contribution >= 4 is 0 Å². The van der Waals surface area contributed by atoms with Crippen LogP contribution in [0.1, 0.15) is 36.8 Å². The summed E-state index contributed by atoms with van der Waals surface area (Å²) >= 11 is 0. The Bertz CT molecular complexity index is 394. The Morgan fingerprint density at radius 3 is 2.70 bits per heavy atom. The van der Waals surface area contributed by atoms with Crippen LogP contribution in [0.4, 0.5) is 0 Å². The summed E-state index contributed by atoms with van der Waals surface area (Å²) < 4.78 is 5.16. The molecule has 112 valence electrons. The first-order valence-electron chi connectivity index (χ1n) is 7.72. The molecule has 1 aromatic carbocycles. The smallest absolute Gasteiger partial charge is 0.0713 e. The van der Waals surface area contributed by atoms with E-state index < -0.39 is 0 Å². The zero-order valence-corrected chi connectivity index (χ0v) is 12.5. The van der Waals surface area contributed by atoms with Gasteiger partial charge in [-0.05, 0) is 42.3 Å². The SMILES string of the molecule is COCc1cccc(CNCC2CCCCC2CO)c1. The fourth-order valence-electron chi connectivity index (χ4n) is 3.19. The van der Waals surface area contributed by atoms with E-state index in [1.54, 1.807) is 7.11 Å². The standard InChI is InChI=1S/C17H27NO2/c1-20-13-15-6-4-5-14(9-15)10-18-11-16-7-2-3-8-17(16)12-19/h4-6,9,16-19H,2-3,7-8,10-13H2,1H3. The Morgan fingerprint density at radius 1 is 1.20 bits per heavy atom. The lowest BCUT2D eigenvalue weighted by atomic mass is 9.79. The number of benzene rings is 1. The van der Waals surface area contributed by atoms with Gasteiger partial charge in [-0.25, -0.2) is 0 Å². The highest BCUT2D eigenvalue weighted by atomic mass is 16.5. The highest BCUT2D eigenvalue weighted by Crippen LogP contribution is 2.29. The summed E-state index contributed by atoms with van der Waals surface area (Å²) in [7, 11) is 1.73. The fourth-order valence-corrected chi connectivity index (χ4v) is 3.19. The van der Waals surface area contributed by atoms with Crippen LogP contribution in [0.25, 0.3) is 0 Å². The molecule has 3 nitrogen and oxygen atoms in total. The van der Waals surface area contributed by atoms with Crippen molar-refractivity contribution in [3.05, 3.63) is 35.4 Å². The Kier molecular flexibility index (Phi) is 6.51. The summed E-state index contributed by atoms with van der Waals surface area (Å²) in [6, 6.07) is 8.52. The molecule has 2 rings (SSSR count). The van der Waals surface area contributed by atoms with Crippen molar-refractivity contribution in [2.75, 3.05) is 20.3 Å². The molecule has 20 heavy (non-hydrogen) atoms. The lowest BCUT2D eigenvalue weighted by Gasteiger charge is -2.30. The number of methoxy groups -OCH3 is 1.